The Hall–Kier alpha value is -6.00. The van der Waals surface area contributed by atoms with Crippen LogP contribution in [0, 0.1) is 11.8 Å². The van der Waals surface area contributed by atoms with Crippen LogP contribution in [-0.2, 0) is 44.4 Å². The molecular weight excluding hydrogens is 1060 g/mol. The van der Waals surface area contributed by atoms with Crippen LogP contribution in [0.5, 0.6) is 0 Å². The van der Waals surface area contributed by atoms with Gasteiger partial charge >= 0.3 is 6.18 Å². The lowest BCUT2D eigenvalue weighted by Gasteiger charge is -2.43. The van der Waals surface area contributed by atoms with Gasteiger partial charge in [0.15, 0.2) is 0 Å². The number of carbonyl (C=O) groups is 6. The molecule has 6 fully saturated rings. The summed E-state index contributed by atoms with van der Waals surface area (Å²) in [4.78, 5) is 98.1. The monoisotopic (exact) mass is 1140 g/mol. The highest BCUT2D eigenvalue weighted by atomic mass is 19.4. The SMILES string of the molecule is CC(=O)N[C@@H]1C[C@H](NC(C)(C)C)CC[C@@H]1N1CC[C@H](Nc2nc(C3CCN(C(=O)[C@H]4CC[C@H](NC(=O)CCCO[C@H]5CC[C@H](OCCNC(=O)[C@H]6CC(=O)N(C)[C@@H]6c6cccnc6)CC5)CC4)CC3)nc3ccc(C(F)(F)F)cc23)C1=O. The maximum absolute atomic E-state index is 14.2. The van der Waals surface area contributed by atoms with Gasteiger partial charge in [0.25, 0.3) is 0 Å². The van der Waals surface area contributed by atoms with Crippen molar-refractivity contribution < 1.29 is 51.4 Å². The van der Waals surface area contributed by atoms with Crippen molar-refractivity contribution in [1.29, 1.82) is 0 Å². The lowest BCUT2D eigenvalue weighted by molar-refractivity contribution is -0.138. The Morgan fingerprint density at radius 1 is 0.805 bits per heavy atom. The fraction of sp³-hybridized carbons (Fsp3) is 0.683. The van der Waals surface area contributed by atoms with E-state index in [1.807, 2.05) is 15.9 Å². The van der Waals surface area contributed by atoms with Crippen LogP contribution in [0.25, 0.3) is 10.9 Å². The van der Waals surface area contributed by atoms with Crippen LogP contribution in [0.3, 0.4) is 0 Å². The van der Waals surface area contributed by atoms with Gasteiger partial charge in [-0.25, -0.2) is 9.97 Å². The largest absolute Gasteiger partial charge is 0.416 e. The van der Waals surface area contributed by atoms with Gasteiger partial charge in [0.2, 0.25) is 35.4 Å². The zero-order valence-electron chi connectivity index (χ0n) is 48.2. The van der Waals surface area contributed by atoms with E-state index in [0.717, 1.165) is 49.8 Å². The highest BCUT2D eigenvalue weighted by Crippen LogP contribution is 2.39. The summed E-state index contributed by atoms with van der Waals surface area (Å²) in [5.41, 5.74) is 0.202. The van der Waals surface area contributed by atoms with Gasteiger partial charge in [0.1, 0.15) is 17.7 Å². The third-order valence-electron chi connectivity index (χ3n) is 17.7. The normalized spacial score (nSPS) is 27.6. The maximum atomic E-state index is 14.2. The summed E-state index contributed by atoms with van der Waals surface area (Å²) in [6, 6.07) is 5.68. The van der Waals surface area contributed by atoms with E-state index in [4.69, 9.17) is 19.4 Å². The van der Waals surface area contributed by atoms with E-state index in [-0.39, 0.29) is 113 Å². The number of rotatable bonds is 19. The maximum Gasteiger partial charge on any atom is 0.416 e. The summed E-state index contributed by atoms with van der Waals surface area (Å²) in [6.07, 6.45) is 9.95. The first kappa shape index (κ1) is 60.6. The number of aromatic nitrogens is 3. The van der Waals surface area contributed by atoms with Crippen molar-refractivity contribution in [3.63, 3.8) is 0 Å². The first-order chi connectivity index (χ1) is 39.2. The van der Waals surface area contributed by atoms with Crippen LogP contribution in [0.15, 0.2) is 42.7 Å². The zero-order valence-corrected chi connectivity index (χ0v) is 48.2. The number of likely N-dealkylation sites (tertiary alicyclic amines) is 3. The summed E-state index contributed by atoms with van der Waals surface area (Å²) in [5, 5.41) is 16.3. The molecule has 82 heavy (non-hydrogen) atoms. The third kappa shape index (κ3) is 15.4. The number of fused-ring (bicyclic) bond motifs is 1. The number of nitrogens with zero attached hydrogens (tertiary/aromatic N) is 6. The van der Waals surface area contributed by atoms with Crippen LogP contribution in [-0.4, -0.2) is 159 Å². The smallest absolute Gasteiger partial charge is 0.378 e. The number of ether oxygens (including phenoxy) is 2. The molecule has 0 radical (unpaired) electrons. The fourth-order valence-electron chi connectivity index (χ4n) is 13.5. The molecule has 0 bridgehead atoms. The molecule has 0 spiro atoms. The number of nitrogens with one attached hydrogen (secondary N) is 5. The molecule has 5 N–H and O–H groups in total. The van der Waals surface area contributed by atoms with E-state index in [0.29, 0.717) is 121 Å². The van der Waals surface area contributed by atoms with E-state index < -0.39 is 23.7 Å². The second kappa shape index (κ2) is 26.7. The van der Waals surface area contributed by atoms with Gasteiger partial charge in [-0.2, -0.15) is 13.2 Å². The van der Waals surface area contributed by atoms with Gasteiger partial charge in [-0.05, 0) is 147 Å². The molecule has 3 aromatic rings. The van der Waals surface area contributed by atoms with Gasteiger partial charge < -0.3 is 50.8 Å². The molecule has 9 rings (SSSR count). The molecule has 5 heterocycles. The summed E-state index contributed by atoms with van der Waals surface area (Å²) in [6.45, 7) is 10.4. The number of anilines is 1. The van der Waals surface area contributed by atoms with Crippen molar-refractivity contribution in [3.8, 4) is 0 Å². The van der Waals surface area contributed by atoms with E-state index >= 15 is 0 Å². The van der Waals surface area contributed by atoms with Crippen LogP contribution in [0.1, 0.15) is 166 Å². The molecule has 0 unspecified atom stereocenters. The Morgan fingerprint density at radius 2 is 1.51 bits per heavy atom. The van der Waals surface area contributed by atoms with Crippen LogP contribution < -0.4 is 26.6 Å². The molecule has 22 heteroatoms. The molecule has 448 valence electrons. The summed E-state index contributed by atoms with van der Waals surface area (Å²) in [5.74, 6) is -0.689. The number of benzene rings is 1. The highest BCUT2D eigenvalue weighted by Gasteiger charge is 2.45. The minimum Gasteiger partial charge on any atom is -0.378 e. The second-order valence-electron chi connectivity index (χ2n) is 24.8. The molecule has 1 aromatic carbocycles. The number of pyridine rings is 1. The number of carbonyl (C=O) groups excluding carboxylic acids is 6. The lowest BCUT2D eigenvalue weighted by Crippen LogP contribution is -2.59. The number of piperidine rings is 1. The summed E-state index contributed by atoms with van der Waals surface area (Å²) in [7, 11) is 1.72. The first-order valence-corrected chi connectivity index (χ1v) is 29.9. The molecule has 19 nitrogen and oxygen atoms in total. The molecule has 6 atom stereocenters. The van der Waals surface area contributed by atoms with E-state index in [2.05, 4.69) is 52.3 Å². The number of halogens is 3. The van der Waals surface area contributed by atoms with E-state index in [1.165, 1.54) is 13.0 Å². The van der Waals surface area contributed by atoms with Crippen LogP contribution in [0.4, 0.5) is 19.0 Å². The van der Waals surface area contributed by atoms with Crippen molar-refractivity contribution in [3.05, 3.63) is 59.7 Å². The average Bonchev–Trinajstić information content (AvgIpc) is 4.09. The molecule has 3 aliphatic heterocycles. The Morgan fingerprint density at radius 3 is 2.18 bits per heavy atom. The molecule has 3 saturated carbocycles. The van der Waals surface area contributed by atoms with Crippen LogP contribution >= 0.6 is 0 Å². The lowest BCUT2D eigenvalue weighted by atomic mass is 9.84. The number of alkyl halides is 3. The number of hydrogen-bond donors (Lipinski definition) is 5. The summed E-state index contributed by atoms with van der Waals surface area (Å²) >= 11 is 0. The average molecular weight is 1140 g/mol. The molecule has 3 aliphatic carbocycles. The highest BCUT2D eigenvalue weighted by molar-refractivity contribution is 5.94. The quantitative estimate of drug-likeness (QED) is 0.0788. The third-order valence-corrected chi connectivity index (χ3v) is 17.7. The molecular formula is C60H84F3N11O8. The van der Waals surface area contributed by atoms with Gasteiger partial charge in [0.05, 0.1) is 53.9 Å². The van der Waals surface area contributed by atoms with Crippen molar-refractivity contribution in [2.45, 2.75) is 203 Å². The predicted octanol–water partition coefficient (Wildman–Crippen LogP) is 6.71. The topological polar surface area (TPSA) is 229 Å². The van der Waals surface area contributed by atoms with E-state index in [9.17, 15) is 41.9 Å². The number of hydrogen-bond acceptors (Lipinski definition) is 13. The van der Waals surface area contributed by atoms with Gasteiger partial charge in [-0.3, -0.25) is 33.8 Å². The van der Waals surface area contributed by atoms with Crippen molar-refractivity contribution >= 4 is 52.2 Å². The Kier molecular flexibility index (Phi) is 19.7. The zero-order chi connectivity index (χ0) is 58.3. The molecule has 3 saturated heterocycles. The van der Waals surface area contributed by atoms with E-state index in [1.54, 1.807) is 30.4 Å². The predicted molar refractivity (Wildman–Crippen MR) is 301 cm³/mol. The van der Waals surface area contributed by atoms with Gasteiger partial charge in [0, 0.05) is 107 Å². The van der Waals surface area contributed by atoms with Crippen molar-refractivity contribution in [2.75, 3.05) is 51.8 Å². The Balaban J connectivity index is 0.677. The Labute approximate surface area is 479 Å². The molecule has 6 aliphatic rings. The fourth-order valence-corrected chi connectivity index (χ4v) is 13.5. The minimum absolute atomic E-state index is 0.00320. The van der Waals surface area contributed by atoms with Gasteiger partial charge in [-0.15, -0.1) is 0 Å². The summed E-state index contributed by atoms with van der Waals surface area (Å²) < 4.78 is 54.5. The minimum atomic E-state index is -4.61. The van der Waals surface area contributed by atoms with Crippen molar-refractivity contribution in [1.82, 2.24) is 50.9 Å². The first-order valence-electron chi connectivity index (χ1n) is 29.9. The van der Waals surface area contributed by atoms with Crippen molar-refractivity contribution in [2.24, 2.45) is 11.8 Å². The molecule has 6 amide bonds. The van der Waals surface area contributed by atoms with Gasteiger partial charge in [-0.1, -0.05) is 6.07 Å². The second-order valence-corrected chi connectivity index (χ2v) is 24.8. The standard InChI is InChI=1S/C60H84F3N11O8/c1-36(75)66-49-33-42(71-59(2,3)4)15-21-50(49)74-29-24-48(58(74)80)69-55-45-32-40(60(61,62)63)12-20-47(45)68-54(70-55)37-22-27-73(28-23-37)57(79)38-10-13-41(14-11-38)67-51(76)9-7-30-81-43-16-18-44(19-17-43)82-31-26-65-56(78)46-34-52(77)72(5)53(46)39-8-6-25-64-35-39/h6,8,12,20,25,32,35,37-38,41-44,46,48-50,53,71H,7,9-11,13-19,21-24,26-31,33-34H2,1-5H3,(H,65,78)(H,66,75)(H,67,76)(H,68,69,70)/t38-,41-,42-,43-,44-,46+,48+,49-,50+,53-/m1/s1. The molecule has 2 aromatic heterocycles. The Bertz CT molecular complexity index is 2730. The van der Waals surface area contributed by atoms with Crippen LogP contribution in [0.2, 0.25) is 0 Å². The number of amides is 6.